The summed E-state index contributed by atoms with van der Waals surface area (Å²) in [6.07, 6.45) is 8.68. The fourth-order valence-corrected chi connectivity index (χ4v) is 16.3. The summed E-state index contributed by atoms with van der Waals surface area (Å²) in [5.41, 5.74) is 35.8. The lowest BCUT2D eigenvalue weighted by Crippen LogP contribution is -2.35. The molecule has 112 heavy (non-hydrogen) atoms. The Morgan fingerprint density at radius 1 is 0.250 bits per heavy atom. The summed E-state index contributed by atoms with van der Waals surface area (Å²) in [7, 11) is 16.7. The van der Waals surface area contributed by atoms with Crippen molar-refractivity contribution in [3.8, 4) is 90.6 Å². The van der Waals surface area contributed by atoms with Crippen LogP contribution < -0.4 is 18.3 Å². The van der Waals surface area contributed by atoms with Gasteiger partial charge >= 0.3 is 0 Å². The van der Waals surface area contributed by atoms with Gasteiger partial charge in [-0.1, -0.05) is 120 Å². The van der Waals surface area contributed by atoms with Gasteiger partial charge in [0, 0.05) is 128 Å². The lowest BCUT2D eigenvalue weighted by Gasteiger charge is -2.09. The van der Waals surface area contributed by atoms with Gasteiger partial charge in [0.05, 0.1) is 44.1 Å². The molecule has 0 aliphatic rings. The van der Waals surface area contributed by atoms with Crippen molar-refractivity contribution in [3.63, 3.8) is 0 Å². The smallest absolute Gasteiger partial charge is 0.231 e. The van der Waals surface area contributed by atoms with E-state index in [4.69, 9.17) is 24.0 Å². The molecule has 0 amide bonds. The van der Waals surface area contributed by atoms with E-state index in [0.717, 1.165) is 124 Å². The van der Waals surface area contributed by atoms with E-state index in [9.17, 15) is 0 Å². The van der Waals surface area contributed by atoms with Crippen LogP contribution in [0.5, 0.6) is 0 Å². The highest BCUT2D eigenvalue weighted by atomic mass is 15.2. The zero-order valence-electron chi connectivity index (χ0n) is 69.1. The monoisotopic (exact) mass is 1470 g/mol. The van der Waals surface area contributed by atoms with Gasteiger partial charge in [-0.2, -0.15) is 18.3 Å². The summed E-state index contributed by atoms with van der Waals surface area (Å²) in [5, 5.41) is 0. The molecule has 20 rings (SSSR count). The predicted octanol–water partition coefficient (Wildman–Crippen LogP) is 18.4. The number of benzene rings is 8. The van der Waals surface area contributed by atoms with Gasteiger partial charge in [-0.05, 0) is 174 Å². The van der Waals surface area contributed by atoms with Crippen LogP contribution in [0.15, 0.2) is 267 Å². The van der Waals surface area contributed by atoms with Crippen LogP contribution in [0.1, 0.15) is 48.6 Å². The standard InChI is InChI=1S/4C24H23N4/c1-16-13-21(18-10-6-5-9-17(18)2)26(3)22(14-16)23-15-28-20-12-8-7-11-19(20)25-24(28)27(23)4;1-16-12-13-18(17(2)14-16)20-10-7-11-22(26(20)3)23-15-28-21-9-6-5-8-19(21)25-24(28)27(23)4;2*1-16-12-13-17(2)18(14-16)20-10-7-11-22(26(20)3)23-15-28-21-9-6-5-8-19(21)25-24(28)27(23)4/h4*5-15H,1-4H3/q4*+1/i;;1D3;. The molecule has 0 N–H and O–H groups in total. The van der Waals surface area contributed by atoms with E-state index in [1.165, 1.54) is 72.8 Å². The van der Waals surface area contributed by atoms with Crippen molar-refractivity contribution in [1.29, 1.82) is 0 Å². The van der Waals surface area contributed by atoms with Crippen molar-refractivity contribution in [3.05, 3.63) is 312 Å². The van der Waals surface area contributed by atoms with Crippen LogP contribution in [0.4, 0.5) is 0 Å². The molecule has 0 spiro atoms. The summed E-state index contributed by atoms with van der Waals surface area (Å²) in [6.45, 7) is 12.8. The number of hydrogen-bond donors (Lipinski definition) is 0. The van der Waals surface area contributed by atoms with Crippen molar-refractivity contribution < 1.29 is 22.4 Å². The first-order valence-corrected chi connectivity index (χ1v) is 37.9. The molecule has 0 bridgehead atoms. The zero-order chi connectivity index (χ0) is 80.2. The molecule has 0 saturated heterocycles. The van der Waals surface area contributed by atoms with Crippen LogP contribution in [0.3, 0.4) is 0 Å². The molecule has 0 unspecified atom stereocenters. The van der Waals surface area contributed by atoms with E-state index in [-0.39, 0.29) is 0 Å². The van der Waals surface area contributed by atoms with Gasteiger partial charge in [0.2, 0.25) is 68.7 Å². The van der Waals surface area contributed by atoms with Crippen LogP contribution in [0.25, 0.3) is 158 Å². The molecular weight excluding hydrogens is 1380 g/mol. The van der Waals surface area contributed by atoms with Crippen LogP contribution in [-0.2, 0) is 56.4 Å². The minimum Gasteiger partial charge on any atom is -0.308 e. The van der Waals surface area contributed by atoms with E-state index >= 15 is 0 Å². The Kier molecular flexibility index (Phi) is 17.2. The summed E-state index contributed by atoms with van der Waals surface area (Å²) >= 11 is 0. The fourth-order valence-electron chi connectivity index (χ4n) is 16.3. The Morgan fingerprint density at radius 2 is 0.554 bits per heavy atom. The Balaban J connectivity index is 0.000000111. The number of nitrogens with zero attached hydrogens (tertiary/aromatic N) is 16. The third kappa shape index (κ3) is 12.4. The molecule has 12 heterocycles. The van der Waals surface area contributed by atoms with Crippen molar-refractivity contribution in [1.82, 2.24) is 55.8 Å². The third-order valence-corrected chi connectivity index (χ3v) is 22.4. The molecule has 0 aliphatic heterocycles. The summed E-state index contributed by atoms with van der Waals surface area (Å²) < 4.78 is 49.5. The van der Waals surface area contributed by atoms with E-state index in [2.05, 4.69) is 339 Å². The Morgan fingerprint density at radius 3 is 0.955 bits per heavy atom. The quantitative estimate of drug-likeness (QED) is 0.141. The predicted molar refractivity (Wildman–Crippen MR) is 453 cm³/mol. The number of para-hydroxylation sites is 8. The molecule has 0 fully saturated rings. The number of aryl methyl sites for hydroxylation is 12. The van der Waals surface area contributed by atoms with Crippen LogP contribution in [0, 0.1) is 55.3 Å². The average molecular weight is 1470 g/mol. The highest BCUT2D eigenvalue weighted by Gasteiger charge is 2.28. The van der Waals surface area contributed by atoms with Crippen LogP contribution in [-0.4, -0.2) is 55.8 Å². The Bertz CT molecular complexity index is 7240. The lowest BCUT2D eigenvalue weighted by atomic mass is 10.0. The van der Waals surface area contributed by atoms with Crippen molar-refractivity contribution in [2.24, 2.45) is 56.4 Å². The topological polar surface area (TPSA) is 104 Å². The second-order valence-corrected chi connectivity index (χ2v) is 29.8. The number of hydrogen-bond acceptors (Lipinski definition) is 4. The first-order valence-electron chi connectivity index (χ1n) is 39.4. The van der Waals surface area contributed by atoms with Crippen LogP contribution in [0.2, 0.25) is 0 Å². The maximum absolute atomic E-state index is 7.78. The summed E-state index contributed by atoms with van der Waals surface area (Å²) in [4.78, 5) is 19.2. The van der Waals surface area contributed by atoms with E-state index in [0.29, 0.717) is 5.56 Å². The second-order valence-electron chi connectivity index (χ2n) is 29.8. The second kappa shape index (κ2) is 28.4. The van der Waals surface area contributed by atoms with Crippen molar-refractivity contribution in [2.75, 3.05) is 0 Å². The van der Waals surface area contributed by atoms with Gasteiger partial charge < -0.3 is 18.3 Å². The molecule has 0 radical (unpaired) electrons. The van der Waals surface area contributed by atoms with Gasteiger partial charge in [0.25, 0.3) is 0 Å². The van der Waals surface area contributed by atoms with Crippen LogP contribution >= 0.6 is 0 Å². The van der Waals surface area contributed by atoms with Crippen molar-refractivity contribution >= 4 is 67.2 Å². The van der Waals surface area contributed by atoms with Crippen molar-refractivity contribution in [2.45, 2.75) is 55.3 Å². The largest absolute Gasteiger partial charge is 0.308 e. The highest BCUT2D eigenvalue weighted by Crippen LogP contribution is 2.34. The summed E-state index contributed by atoms with van der Waals surface area (Å²) in [5.74, 6) is 3.73. The Hall–Kier alpha value is -13.6. The molecule has 552 valence electrons. The maximum atomic E-state index is 7.78. The van der Waals surface area contributed by atoms with E-state index in [1.54, 1.807) is 12.1 Å². The van der Waals surface area contributed by atoms with Gasteiger partial charge in [0.15, 0.2) is 0 Å². The SMILES string of the molecule is Cc1cc(-c2ccccc2C)[n+](C)c(-c2cn3c4ccccc4nc3n2C)c1.Cc1ccc(-c2cccc(-c3cn4c5ccccc5nc4n3C)[n+]2C)c(C)c1.Cc1ccc(C)c(-c2cccc(-c3cn4c5ccccc5nc4n3C)[n+]2C)c1.[2H]C([2H])([2H])c1ccc(C)c(-c2cccc(-c3cn4c5ccccc5nc4n3C)[n+]2C)c1. The van der Waals surface area contributed by atoms with Gasteiger partial charge in [-0.15, -0.1) is 0 Å². The molecular formula is C96H92N16+4. The third-order valence-electron chi connectivity index (χ3n) is 22.4. The molecule has 0 atom stereocenters. The molecule has 8 aromatic carbocycles. The molecule has 0 saturated carbocycles. The normalized spacial score (nSPS) is 12.1. The molecule has 16 heteroatoms. The van der Waals surface area contributed by atoms with Gasteiger partial charge in [0.1, 0.15) is 51.0 Å². The molecule has 0 aliphatic carbocycles. The first kappa shape index (κ1) is 67.7. The van der Waals surface area contributed by atoms with Gasteiger partial charge in [-0.25, -0.2) is 19.9 Å². The number of fused-ring (bicyclic) bond motifs is 12. The number of pyridine rings is 4. The molecule has 16 nitrogen and oxygen atoms in total. The number of aromatic nitrogens is 16. The number of rotatable bonds is 8. The fraction of sp³-hybridized carbons (Fsp3) is 0.167. The molecule has 12 aromatic heterocycles. The maximum Gasteiger partial charge on any atom is 0.231 e. The minimum atomic E-state index is -2.14. The Labute approximate surface area is 656 Å². The lowest BCUT2D eigenvalue weighted by molar-refractivity contribution is -0.649. The first-order chi connectivity index (χ1) is 55.4. The zero-order valence-corrected chi connectivity index (χ0v) is 66.1. The molecule has 20 aromatic rings. The highest BCUT2D eigenvalue weighted by molar-refractivity contribution is 5.85. The van der Waals surface area contributed by atoms with E-state index < -0.39 is 6.85 Å². The number of imidazole rings is 8. The minimum absolute atomic E-state index is 0.349. The van der Waals surface area contributed by atoms with E-state index in [1.807, 2.05) is 75.6 Å². The summed E-state index contributed by atoms with van der Waals surface area (Å²) in [6, 6.07) is 83.7. The average Bonchev–Trinajstić information content (AvgIpc) is 1.61. The van der Waals surface area contributed by atoms with Gasteiger partial charge in [-0.3, -0.25) is 17.6 Å².